The van der Waals surface area contributed by atoms with Crippen molar-refractivity contribution in [1.29, 1.82) is 0 Å². The number of aromatic nitrogens is 2. The van der Waals surface area contributed by atoms with Gasteiger partial charge in [-0.2, -0.15) is 0 Å². The van der Waals surface area contributed by atoms with E-state index in [0.29, 0.717) is 19.5 Å². The number of imidazole rings is 1. The molecular formula is C14H24N4O3. The van der Waals surface area contributed by atoms with Gasteiger partial charge in [-0.05, 0) is 18.8 Å². The first-order chi connectivity index (χ1) is 9.90. The lowest BCUT2D eigenvalue weighted by Gasteiger charge is -2.18. The fourth-order valence-electron chi connectivity index (χ4n) is 1.91. The van der Waals surface area contributed by atoms with E-state index >= 15 is 0 Å². The molecule has 0 spiro atoms. The molecule has 118 valence electrons. The van der Waals surface area contributed by atoms with Gasteiger partial charge < -0.3 is 19.9 Å². The average molecular weight is 296 g/mol. The third-order valence-electron chi connectivity index (χ3n) is 3.41. The minimum absolute atomic E-state index is 0.150. The fourth-order valence-corrected chi connectivity index (χ4v) is 1.91. The van der Waals surface area contributed by atoms with E-state index in [0.717, 1.165) is 12.2 Å². The molecule has 2 amide bonds. The summed E-state index contributed by atoms with van der Waals surface area (Å²) in [6.45, 7) is 2.99. The average Bonchev–Trinajstić information content (AvgIpc) is 2.81. The van der Waals surface area contributed by atoms with Crippen molar-refractivity contribution in [3.8, 4) is 0 Å². The molecule has 0 bridgehead atoms. The molecule has 0 saturated heterocycles. The molecule has 21 heavy (non-hydrogen) atoms. The number of urea groups is 1. The summed E-state index contributed by atoms with van der Waals surface area (Å²) < 4.78 is 1.87. The van der Waals surface area contributed by atoms with Crippen LogP contribution in [0.3, 0.4) is 0 Å². The Kier molecular flexibility index (Phi) is 6.71. The van der Waals surface area contributed by atoms with Crippen molar-refractivity contribution in [3.05, 3.63) is 18.2 Å². The van der Waals surface area contributed by atoms with Crippen molar-refractivity contribution in [2.45, 2.75) is 32.7 Å². The monoisotopic (exact) mass is 296 g/mol. The minimum atomic E-state index is -0.777. The molecule has 0 fully saturated rings. The lowest BCUT2D eigenvalue weighted by molar-refractivity contribution is -0.137. The predicted octanol–water partition coefficient (Wildman–Crippen LogP) is 1.45. The van der Waals surface area contributed by atoms with E-state index in [-0.39, 0.29) is 18.4 Å². The number of aryl methyl sites for hydroxylation is 1. The van der Waals surface area contributed by atoms with E-state index in [1.165, 1.54) is 0 Å². The Bertz CT molecular complexity index is 473. The van der Waals surface area contributed by atoms with Crippen molar-refractivity contribution in [1.82, 2.24) is 19.8 Å². The zero-order valence-corrected chi connectivity index (χ0v) is 12.9. The molecule has 1 aromatic rings. The van der Waals surface area contributed by atoms with E-state index in [4.69, 9.17) is 5.11 Å². The molecule has 1 unspecified atom stereocenters. The number of amides is 2. The molecule has 2 N–H and O–H groups in total. The number of carboxylic acids is 1. The predicted molar refractivity (Wildman–Crippen MR) is 78.7 cm³/mol. The van der Waals surface area contributed by atoms with Crippen molar-refractivity contribution < 1.29 is 14.7 Å². The highest BCUT2D eigenvalue weighted by atomic mass is 16.4. The van der Waals surface area contributed by atoms with Crippen LogP contribution in [0.2, 0.25) is 0 Å². The van der Waals surface area contributed by atoms with E-state index in [2.05, 4.69) is 10.3 Å². The molecule has 0 aromatic carbocycles. The quantitative estimate of drug-likeness (QED) is 0.760. The lowest BCUT2D eigenvalue weighted by atomic mass is 10.0. The third kappa shape index (κ3) is 6.29. The molecule has 7 nitrogen and oxygen atoms in total. The largest absolute Gasteiger partial charge is 0.481 e. The Hall–Kier alpha value is -2.05. The summed E-state index contributed by atoms with van der Waals surface area (Å²) >= 11 is 0. The summed E-state index contributed by atoms with van der Waals surface area (Å²) in [6, 6.07) is -0.150. The van der Waals surface area contributed by atoms with Crippen molar-refractivity contribution >= 4 is 12.0 Å². The van der Waals surface area contributed by atoms with E-state index in [1.807, 2.05) is 24.7 Å². The normalized spacial score (nSPS) is 12.0. The summed E-state index contributed by atoms with van der Waals surface area (Å²) in [4.78, 5) is 28.1. The Morgan fingerprint density at radius 1 is 1.48 bits per heavy atom. The summed E-state index contributed by atoms with van der Waals surface area (Å²) in [6.07, 6.45) is 5.12. The molecule has 0 aliphatic rings. The smallest absolute Gasteiger partial charge is 0.317 e. The van der Waals surface area contributed by atoms with Gasteiger partial charge in [-0.15, -0.1) is 0 Å². The number of hydrogen-bond donors (Lipinski definition) is 2. The number of carboxylic acid groups (broad SMARTS) is 1. The standard InChI is InChI=1S/C14H24N4O3/c1-11(4-5-13(19)20)6-7-16-14(21)18(3)10-12-15-8-9-17(12)2/h8-9,11H,4-7,10H2,1-3H3,(H,16,21)(H,19,20). The van der Waals surface area contributed by atoms with Crippen molar-refractivity contribution in [3.63, 3.8) is 0 Å². The van der Waals surface area contributed by atoms with Crippen LogP contribution in [0.1, 0.15) is 32.0 Å². The number of nitrogens with one attached hydrogen (secondary N) is 1. The summed E-state index contributed by atoms with van der Waals surface area (Å²) in [5, 5.41) is 11.4. The maximum absolute atomic E-state index is 11.9. The summed E-state index contributed by atoms with van der Waals surface area (Å²) in [5.41, 5.74) is 0. The van der Waals surface area contributed by atoms with Crippen LogP contribution in [-0.4, -0.2) is 45.2 Å². The van der Waals surface area contributed by atoms with Gasteiger partial charge in [-0.1, -0.05) is 6.92 Å². The zero-order valence-electron chi connectivity index (χ0n) is 12.9. The van der Waals surface area contributed by atoms with Crippen LogP contribution in [0.4, 0.5) is 4.79 Å². The Labute approximate surface area is 125 Å². The second-order valence-corrected chi connectivity index (χ2v) is 5.37. The van der Waals surface area contributed by atoms with Gasteiger partial charge in [0.25, 0.3) is 0 Å². The number of carbonyl (C=O) groups is 2. The first kappa shape index (κ1) is 17.0. The van der Waals surface area contributed by atoms with Crippen LogP contribution in [-0.2, 0) is 18.4 Å². The molecule has 1 heterocycles. The molecule has 0 aliphatic heterocycles. The molecule has 1 rings (SSSR count). The molecule has 0 radical (unpaired) electrons. The number of rotatable bonds is 8. The van der Waals surface area contributed by atoms with Gasteiger partial charge >= 0.3 is 12.0 Å². The van der Waals surface area contributed by atoms with Gasteiger partial charge in [-0.3, -0.25) is 4.79 Å². The molecule has 1 atom stereocenters. The van der Waals surface area contributed by atoms with Crippen LogP contribution in [0.25, 0.3) is 0 Å². The Morgan fingerprint density at radius 2 is 2.19 bits per heavy atom. The summed E-state index contributed by atoms with van der Waals surface area (Å²) in [5.74, 6) is 0.324. The van der Waals surface area contributed by atoms with Crippen molar-refractivity contribution in [2.24, 2.45) is 13.0 Å². The molecular weight excluding hydrogens is 272 g/mol. The number of aliphatic carboxylic acids is 1. The van der Waals surface area contributed by atoms with Gasteiger partial charge in [0, 0.05) is 39.5 Å². The maximum Gasteiger partial charge on any atom is 0.317 e. The van der Waals surface area contributed by atoms with E-state index in [1.54, 1.807) is 18.1 Å². The second kappa shape index (κ2) is 8.28. The number of hydrogen-bond acceptors (Lipinski definition) is 3. The molecule has 0 saturated carbocycles. The number of nitrogens with zero attached hydrogens (tertiary/aromatic N) is 3. The van der Waals surface area contributed by atoms with Crippen LogP contribution in [0.15, 0.2) is 12.4 Å². The van der Waals surface area contributed by atoms with Crippen molar-refractivity contribution in [2.75, 3.05) is 13.6 Å². The second-order valence-electron chi connectivity index (χ2n) is 5.37. The van der Waals surface area contributed by atoms with Gasteiger partial charge in [-0.25, -0.2) is 9.78 Å². The maximum atomic E-state index is 11.9. The number of carbonyl (C=O) groups excluding carboxylic acids is 1. The minimum Gasteiger partial charge on any atom is -0.481 e. The third-order valence-corrected chi connectivity index (χ3v) is 3.41. The Balaban J connectivity index is 2.24. The fraction of sp³-hybridized carbons (Fsp3) is 0.643. The van der Waals surface area contributed by atoms with Crippen LogP contribution < -0.4 is 5.32 Å². The molecule has 1 aromatic heterocycles. The van der Waals surface area contributed by atoms with E-state index in [9.17, 15) is 9.59 Å². The summed E-state index contributed by atoms with van der Waals surface area (Å²) in [7, 11) is 3.61. The zero-order chi connectivity index (χ0) is 15.8. The first-order valence-electron chi connectivity index (χ1n) is 7.07. The Morgan fingerprint density at radius 3 is 2.76 bits per heavy atom. The highest BCUT2D eigenvalue weighted by Crippen LogP contribution is 2.09. The van der Waals surface area contributed by atoms with Gasteiger partial charge in [0.15, 0.2) is 0 Å². The van der Waals surface area contributed by atoms with Gasteiger partial charge in [0.05, 0.1) is 6.54 Å². The first-order valence-corrected chi connectivity index (χ1v) is 7.07. The highest BCUT2D eigenvalue weighted by molar-refractivity contribution is 5.73. The van der Waals surface area contributed by atoms with Crippen LogP contribution in [0.5, 0.6) is 0 Å². The van der Waals surface area contributed by atoms with Crippen LogP contribution in [0, 0.1) is 5.92 Å². The highest BCUT2D eigenvalue weighted by Gasteiger charge is 2.12. The van der Waals surface area contributed by atoms with E-state index < -0.39 is 5.97 Å². The van der Waals surface area contributed by atoms with Crippen LogP contribution >= 0.6 is 0 Å². The van der Waals surface area contributed by atoms with Gasteiger partial charge in [0.2, 0.25) is 0 Å². The molecule has 0 aliphatic carbocycles. The lowest BCUT2D eigenvalue weighted by Crippen LogP contribution is -2.38. The SMILES string of the molecule is CC(CCNC(=O)N(C)Cc1nccn1C)CCC(=O)O. The topological polar surface area (TPSA) is 87.5 Å². The van der Waals surface area contributed by atoms with Gasteiger partial charge in [0.1, 0.15) is 5.82 Å². The molecule has 7 heteroatoms.